The van der Waals surface area contributed by atoms with Gasteiger partial charge in [-0.1, -0.05) is 0 Å². The Bertz CT molecular complexity index is 593. The van der Waals surface area contributed by atoms with Gasteiger partial charge in [-0.05, 0) is 87.7 Å². The van der Waals surface area contributed by atoms with Crippen LogP contribution in [0.25, 0.3) is 0 Å². The van der Waals surface area contributed by atoms with Crippen LogP contribution >= 0.6 is 0 Å². The topological polar surface area (TPSA) is 51.2 Å². The Labute approximate surface area is 144 Å². The molecule has 1 heterocycles. The van der Waals surface area contributed by atoms with Gasteiger partial charge in [0.15, 0.2) is 0 Å². The second kappa shape index (κ2) is 6.05. The standard InChI is InChI=1S/C20H28N2O2/c1-3-24-19-17(5-4-6-21-19)18(23)22-13(2)20-10-14-7-15(11-20)9-16(8-14)12-20/h4-6,13-16H,3,7-12H2,1-2H3,(H,22,23)/t13-,14?,15?,16?,20?/m1/s1. The maximum Gasteiger partial charge on any atom is 0.256 e. The van der Waals surface area contributed by atoms with Crippen LogP contribution < -0.4 is 10.1 Å². The molecule has 4 aliphatic rings. The van der Waals surface area contributed by atoms with Gasteiger partial charge in [-0.3, -0.25) is 4.79 Å². The van der Waals surface area contributed by atoms with Gasteiger partial charge in [-0.2, -0.15) is 0 Å². The summed E-state index contributed by atoms with van der Waals surface area (Å²) in [5, 5.41) is 3.29. The van der Waals surface area contributed by atoms with Crippen LogP contribution in [0.4, 0.5) is 0 Å². The van der Waals surface area contributed by atoms with E-state index in [0.717, 1.165) is 17.8 Å². The first-order chi connectivity index (χ1) is 11.6. The predicted octanol–water partition coefficient (Wildman–Crippen LogP) is 3.82. The van der Waals surface area contributed by atoms with Gasteiger partial charge in [0.1, 0.15) is 5.56 Å². The summed E-state index contributed by atoms with van der Waals surface area (Å²) < 4.78 is 5.52. The van der Waals surface area contributed by atoms with E-state index in [0.29, 0.717) is 23.5 Å². The molecule has 0 radical (unpaired) electrons. The third-order valence-electron chi connectivity index (χ3n) is 6.65. The fraction of sp³-hybridized carbons (Fsp3) is 0.700. The molecule has 0 aliphatic heterocycles. The minimum Gasteiger partial charge on any atom is -0.477 e. The van der Waals surface area contributed by atoms with Crippen molar-refractivity contribution in [3.63, 3.8) is 0 Å². The van der Waals surface area contributed by atoms with E-state index in [-0.39, 0.29) is 11.9 Å². The van der Waals surface area contributed by atoms with E-state index in [4.69, 9.17) is 4.74 Å². The first-order valence-corrected chi connectivity index (χ1v) is 9.48. The second-order valence-electron chi connectivity index (χ2n) is 8.26. The van der Waals surface area contributed by atoms with Crippen LogP contribution in [0.2, 0.25) is 0 Å². The molecule has 1 aromatic heterocycles. The Balaban J connectivity index is 1.50. The highest BCUT2D eigenvalue weighted by Gasteiger charge is 2.53. The Hall–Kier alpha value is -1.58. The number of hydrogen-bond donors (Lipinski definition) is 1. The highest BCUT2D eigenvalue weighted by atomic mass is 16.5. The van der Waals surface area contributed by atoms with Crippen LogP contribution in [-0.4, -0.2) is 23.5 Å². The van der Waals surface area contributed by atoms with E-state index in [1.807, 2.05) is 6.92 Å². The summed E-state index contributed by atoms with van der Waals surface area (Å²) in [6.45, 7) is 4.64. The molecule has 4 aliphatic carbocycles. The normalized spacial score (nSPS) is 34.8. The van der Waals surface area contributed by atoms with Crippen LogP contribution in [0.1, 0.15) is 62.7 Å². The van der Waals surface area contributed by atoms with Gasteiger partial charge in [0.25, 0.3) is 5.91 Å². The SMILES string of the molecule is CCOc1ncccc1C(=O)N[C@H](C)C12CC3CC(CC(C3)C1)C2. The van der Waals surface area contributed by atoms with E-state index >= 15 is 0 Å². The fourth-order valence-corrected chi connectivity index (χ4v) is 5.95. The lowest BCUT2D eigenvalue weighted by Gasteiger charge is -2.59. The molecule has 1 atom stereocenters. The number of carbonyl (C=O) groups is 1. The lowest BCUT2D eigenvalue weighted by Crippen LogP contribution is -2.55. The number of ether oxygens (including phenoxy) is 1. The molecule has 0 saturated heterocycles. The molecule has 1 N–H and O–H groups in total. The molecule has 130 valence electrons. The molecule has 4 bridgehead atoms. The molecular weight excluding hydrogens is 300 g/mol. The van der Waals surface area contributed by atoms with Gasteiger partial charge in [-0.25, -0.2) is 4.98 Å². The average Bonchev–Trinajstić information content (AvgIpc) is 2.54. The van der Waals surface area contributed by atoms with Gasteiger partial charge in [0.05, 0.1) is 6.61 Å². The number of carbonyl (C=O) groups excluding carboxylic acids is 1. The molecule has 4 saturated carbocycles. The van der Waals surface area contributed by atoms with Gasteiger partial charge >= 0.3 is 0 Å². The van der Waals surface area contributed by atoms with Crippen molar-refractivity contribution in [1.29, 1.82) is 0 Å². The van der Waals surface area contributed by atoms with E-state index in [1.54, 1.807) is 18.3 Å². The van der Waals surface area contributed by atoms with Crippen LogP contribution in [-0.2, 0) is 0 Å². The van der Waals surface area contributed by atoms with Gasteiger partial charge < -0.3 is 10.1 Å². The van der Waals surface area contributed by atoms with Crippen LogP contribution in [0.15, 0.2) is 18.3 Å². The third-order valence-corrected chi connectivity index (χ3v) is 6.65. The number of nitrogens with zero attached hydrogens (tertiary/aromatic N) is 1. The maximum atomic E-state index is 12.8. The van der Waals surface area contributed by atoms with E-state index in [9.17, 15) is 4.79 Å². The summed E-state index contributed by atoms with van der Waals surface area (Å²) in [7, 11) is 0. The highest BCUT2D eigenvalue weighted by molar-refractivity contribution is 5.96. The summed E-state index contributed by atoms with van der Waals surface area (Å²) in [6, 6.07) is 3.82. The van der Waals surface area contributed by atoms with Gasteiger partial charge in [0.2, 0.25) is 5.88 Å². The fourth-order valence-electron chi connectivity index (χ4n) is 5.95. The molecule has 4 heteroatoms. The Morgan fingerprint density at radius 3 is 2.50 bits per heavy atom. The molecule has 1 amide bonds. The van der Waals surface area contributed by atoms with Crippen molar-refractivity contribution in [1.82, 2.24) is 10.3 Å². The molecule has 0 spiro atoms. The lowest BCUT2D eigenvalue weighted by atomic mass is 9.48. The zero-order valence-corrected chi connectivity index (χ0v) is 14.8. The van der Waals surface area contributed by atoms with Gasteiger partial charge in [-0.15, -0.1) is 0 Å². The number of rotatable bonds is 5. The summed E-state index contributed by atoms with van der Waals surface area (Å²) >= 11 is 0. The zero-order chi connectivity index (χ0) is 16.7. The molecule has 4 fully saturated rings. The van der Waals surface area contributed by atoms with Crippen molar-refractivity contribution in [2.75, 3.05) is 6.61 Å². The smallest absolute Gasteiger partial charge is 0.256 e. The second-order valence-corrected chi connectivity index (χ2v) is 8.26. The van der Waals surface area contributed by atoms with Crippen molar-refractivity contribution in [2.24, 2.45) is 23.2 Å². The molecule has 0 aromatic carbocycles. The number of pyridine rings is 1. The molecule has 1 aromatic rings. The van der Waals surface area contributed by atoms with E-state index < -0.39 is 0 Å². The van der Waals surface area contributed by atoms with Crippen molar-refractivity contribution in [2.45, 2.75) is 58.4 Å². The lowest BCUT2D eigenvalue weighted by molar-refractivity contribution is -0.0688. The van der Waals surface area contributed by atoms with Gasteiger partial charge in [0, 0.05) is 12.2 Å². The summed E-state index contributed by atoms with van der Waals surface area (Å²) in [6.07, 6.45) is 9.85. The monoisotopic (exact) mass is 328 g/mol. The van der Waals surface area contributed by atoms with E-state index in [2.05, 4.69) is 17.2 Å². The summed E-state index contributed by atoms with van der Waals surface area (Å²) in [5.41, 5.74) is 0.870. The maximum absolute atomic E-state index is 12.8. The predicted molar refractivity (Wildman–Crippen MR) is 92.9 cm³/mol. The van der Waals surface area contributed by atoms with Crippen LogP contribution in [0.3, 0.4) is 0 Å². The van der Waals surface area contributed by atoms with Crippen molar-refractivity contribution in [3.05, 3.63) is 23.9 Å². The molecule has 0 unspecified atom stereocenters. The largest absolute Gasteiger partial charge is 0.477 e. The van der Waals surface area contributed by atoms with Crippen molar-refractivity contribution < 1.29 is 9.53 Å². The quantitative estimate of drug-likeness (QED) is 0.894. The Morgan fingerprint density at radius 1 is 1.29 bits per heavy atom. The molecule has 4 nitrogen and oxygen atoms in total. The number of nitrogens with one attached hydrogen (secondary N) is 1. The molecular formula is C20H28N2O2. The third kappa shape index (κ3) is 2.70. The number of aromatic nitrogens is 1. The minimum atomic E-state index is -0.0465. The number of hydrogen-bond acceptors (Lipinski definition) is 3. The summed E-state index contributed by atoms with van der Waals surface area (Å²) in [4.78, 5) is 17.0. The van der Waals surface area contributed by atoms with Crippen LogP contribution in [0.5, 0.6) is 5.88 Å². The Morgan fingerprint density at radius 2 is 1.92 bits per heavy atom. The van der Waals surface area contributed by atoms with E-state index in [1.165, 1.54) is 38.5 Å². The van der Waals surface area contributed by atoms with Crippen LogP contribution in [0, 0.1) is 23.2 Å². The number of amides is 1. The zero-order valence-electron chi connectivity index (χ0n) is 14.8. The Kier molecular flexibility index (Phi) is 4.01. The minimum absolute atomic E-state index is 0.0465. The summed E-state index contributed by atoms with van der Waals surface area (Å²) in [5.74, 6) is 3.08. The van der Waals surface area contributed by atoms with Crippen molar-refractivity contribution in [3.8, 4) is 5.88 Å². The molecule has 24 heavy (non-hydrogen) atoms. The van der Waals surface area contributed by atoms with Crippen molar-refractivity contribution >= 4 is 5.91 Å². The highest BCUT2D eigenvalue weighted by Crippen LogP contribution is 2.61. The first-order valence-electron chi connectivity index (χ1n) is 9.48. The first kappa shape index (κ1) is 15.9. The average molecular weight is 328 g/mol. The molecule has 5 rings (SSSR count).